The summed E-state index contributed by atoms with van der Waals surface area (Å²) in [6.07, 6.45) is 1.24. The minimum absolute atomic E-state index is 0.0000827. The van der Waals surface area contributed by atoms with Crippen LogP contribution in [0.25, 0.3) is 11.3 Å². The highest BCUT2D eigenvalue weighted by Crippen LogP contribution is 2.28. The van der Waals surface area contributed by atoms with Crippen LogP contribution in [0.15, 0.2) is 75.1 Å². The molecule has 1 aromatic heterocycles. The number of nitrogens with one attached hydrogen (secondary N) is 1. The summed E-state index contributed by atoms with van der Waals surface area (Å²) in [5.74, 6) is 0.827. The molecule has 27 heavy (non-hydrogen) atoms. The summed E-state index contributed by atoms with van der Waals surface area (Å²) >= 11 is 0. The highest BCUT2D eigenvalue weighted by Gasteiger charge is 2.13. The first-order valence-corrected chi connectivity index (χ1v) is 9.30. The molecule has 0 saturated carbocycles. The Labute approximate surface area is 155 Å². The van der Waals surface area contributed by atoms with Gasteiger partial charge in [0.1, 0.15) is 11.5 Å². The number of sulfonamides is 1. The number of hydrazone groups is 1. The van der Waals surface area contributed by atoms with E-state index in [0.29, 0.717) is 22.6 Å². The molecule has 0 aliphatic rings. The number of hydrogen-bond acceptors (Lipinski definition) is 6. The van der Waals surface area contributed by atoms with E-state index in [1.54, 1.807) is 43.3 Å². The van der Waals surface area contributed by atoms with Gasteiger partial charge in [-0.25, -0.2) is 0 Å². The first kappa shape index (κ1) is 18.3. The Balaban J connectivity index is 1.75. The van der Waals surface area contributed by atoms with Gasteiger partial charge in [-0.1, -0.05) is 18.2 Å². The molecule has 3 aromatic rings. The van der Waals surface area contributed by atoms with Gasteiger partial charge in [-0.15, -0.1) is 0 Å². The number of furan rings is 1. The first-order chi connectivity index (χ1) is 12.9. The van der Waals surface area contributed by atoms with Gasteiger partial charge < -0.3 is 4.42 Å². The van der Waals surface area contributed by atoms with Crippen LogP contribution in [0.2, 0.25) is 0 Å². The zero-order valence-corrected chi connectivity index (χ0v) is 15.0. The number of hydrogen-bond donors (Lipinski definition) is 1. The van der Waals surface area contributed by atoms with Crippen molar-refractivity contribution >= 4 is 21.9 Å². The number of nitro benzene ring substituents is 1. The maximum absolute atomic E-state index is 12.1. The van der Waals surface area contributed by atoms with Crippen LogP contribution >= 0.6 is 0 Å². The molecule has 0 atom stereocenters. The van der Waals surface area contributed by atoms with Crippen molar-refractivity contribution in [1.29, 1.82) is 0 Å². The average Bonchev–Trinajstić information content (AvgIpc) is 3.10. The number of rotatable bonds is 6. The summed E-state index contributed by atoms with van der Waals surface area (Å²) in [4.78, 5) is 12.6. The Morgan fingerprint density at radius 3 is 2.52 bits per heavy atom. The van der Waals surface area contributed by atoms with Crippen LogP contribution in [0.1, 0.15) is 11.3 Å². The maximum Gasteiger partial charge on any atom is 0.276 e. The van der Waals surface area contributed by atoms with Gasteiger partial charge >= 0.3 is 0 Å². The molecule has 0 radical (unpaired) electrons. The molecule has 0 bridgehead atoms. The zero-order chi connectivity index (χ0) is 19.4. The third-order valence-corrected chi connectivity index (χ3v) is 4.97. The van der Waals surface area contributed by atoms with E-state index >= 15 is 0 Å². The van der Waals surface area contributed by atoms with E-state index in [-0.39, 0.29) is 10.6 Å². The van der Waals surface area contributed by atoms with Gasteiger partial charge in [0, 0.05) is 17.7 Å². The second kappa shape index (κ2) is 7.42. The molecule has 8 nitrogen and oxygen atoms in total. The van der Waals surface area contributed by atoms with Crippen molar-refractivity contribution < 1.29 is 17.8 Å². The van der Waals surface area contributed by atoms with E-state index in [1.807, 2.05) is 0 Å². The second-order valence-corrected chi connectivity index (χ2v) is 7.29. The molecule has 0 saturated heterocycles. The first-order valence-electron chi connectivity index (χ1n) is 7.82. The van der Waals surface area contributed by atoms with Crippen LogP contribution in [0.3, 0.4) is 0 Å². The van der Waals surface area contributed by atoms with E-state index in [1.165, 1.54) is 30.5 Å². The molecule has 1 N–H and O–H groups in total. The normalized spacial score (nSPS) is 11.6. The number of benzene rings is 2. The predicted molar refractivity (Wildman–Crippen MR) is 99.9 cm³/mol. The van der Waals surface area contributed by atoms with Gasteiger partial charge in [0.15, 0.2) is 0 Å². The van der Waals surface area contributed by atoms with E-state index in [2.05, 4.69) is 9.93 Å². The van der Waals surface area contributed by atoms with E-state index in [9.17, 15) is 18.5 Å². The summed E-state index contributed by atoms with van der Waals surface area (Å²) in [5, 5.41) is 14.5. The minimum atomic E-state index is -3.75. The highest BCUT2D eigenvalue weighted by molar-refractivity contribution is 7.89. The Bertz CT molecular complexity index is 1110. The largest absolute Gasteiger partial charge is 0.455 e. The van der Waals surface area contributed by atoms with Crippen molar-refractivity contribution in [3.8, 4) is 11.3 Å². The number of non-ortho nitro benzene ring substituents is 1. The summed E-state index contributed by atoms with van der Waals surface area (Å²) in [6.45, 7) is 1.74. The predicted octanol–water partition coefficient (Wildman–Crippen LogP) is 3.48. The SMILES string of the molecule is Cc1cc([N+](=O)[O-])ccc1-c1ccc(/C=N\NS(=O)(=O)c2ccccc2)o1. The maximum atomic E-state index is 12.1. The lowest BCUT2D eigenvalue weighted by Crippen LogP contribution is -2.18. The second-order valence-electron chi connectivity index (χ2n) is 5.62. The molecule has 0 aliphatic carbocycles. The minimum Gasteiger partial charge on any atom is -0.455 e. The van der Waals surface area contributed by atoms with Crippen molar-refractivity contribution in [3.05, 3.63) is 82.1 Å². The van der Waals surface area contributed by atoms with Crippen LogP contribution < -0.4 is 4.83 Å². The quantitative estimate of drug-likeness (QED) is 0.396. The van der Waals surface area contributed by atoms with Crippen molar-refractivity contribution in [2.45, 2.75) is 11.8 Å². The fourth-order valence-corrected chi connectivity index (χ4v) is 3.23. The van der Waals surface area contributed by atoms with E-state index in [4.69, 9.17) is 4.42 Å². The van der Waals surface area contributed by atoms with Gasteiger partial charge in [-0.05, 0) is 42.8 Å². The molecule has 0 unspecified atom stereocenters. The molecule has 3 rings (SSSR count). The highest BCUT2D eigenvalue weighted by atomic mass is 32.2. The number of nitrogens with zero attached hydrogens (tertiary/aromatic N) is 2. The monoisotopic (exact) mass is 385 g/mol. The van der Waals surface area contributed by atoms with Crippen LogP contribution in [-0.4, -0.2) is 19.6 Å². The van der Waals surface area contributed by atoms with Crippen molar-refractivity contribution in [1.82, 2.24) is 4.83 Å². The molecule has 0 amide bonds. The lowest BCUT2D eigenvalue weighted by Gasteiger charge is -2.02. The molecule has 0 aliphatic heterocycles. The number of nitro groups is 1. The summed E-state index contributed by atoms with van der Waals surface area (Å²) in [6, 6.07) is 15.6. The van der Waals surface area contributed by atoms with Gasteiger partial charge in [-0.2, -0.15) is 18.4 Å². The Kier molecular flexibility index (Phi) is 5.04. The molecule has 1 heterocycles. The fourth-order valence-electron chi connectivity index (χ4n) is 2.42. The van der Waals surface area contributed by atoms with Gasteiger partial charge in [0.05, 0.1) is 16.0 Å². The van der Waals surface area contributed by atoms with Crippen molar-refractivity contribution in [2.75, 3.05) is 0 Å². The molecule has 9 heteroatoms. The summed E-state index contributed by atoms with van der Waals surface area (Å²) in [5.41, 5.74) is 1.39. The molecular formula is C18H15N3O5S. The average molecular weight is 385 g/mol. The van der Waals surface area contributed by atoms with Crippen LogP contribution in [0.4, 0.5) is 5.69 Å². The van der Waals surface area contributed by atoms with Gasteiger partial charge in [0.25, 0.3) is 15.7 Å². The molecule has 2 aromatic carbocycles. The third-order valence-electron chi connectivity index (χ3n) is 3.73. The lowest BCUT2D eigenvalue weighted by atomic mass is 10.1. The van der Waals surface area contributed by atoms with Crippen LogP contribution in [0.5, 0.6) is 0 Å². The lowest BCUT2D eigenvalue weighted by molar-refractivity contribution is -0.384. The van der Waals surface area contributed by atoms with Crippen molar-refractivity contribution in [3.63, 3.8) is 0 Å². The molecule has 138 valence electrons. The topological polar surface area (TPSA) is 115 Å². The van der Waals surface area contributed by atoms with Crippen molar-refractivity contribution in [2.24, 2.45) is 5.10 Å². The molecule has 0 fully saturated rings. The number of aryl methyl sites for hydroxylation is 1. The Morgan fingerprint density at radius 1 is 1.11 bits per heavy atom. The fraction of sp³-hybridized carbons (Fsp3) is 0.0556. The Morgan fingerprint density at radius 2 is 1.85 bits per heavy atom. The van der Waals surface area contributed by atoms with Crippen LogP contribution in [-0.2, 0) is 10.0 Å². The zero-order valence-electron chi connectivity index (χ0n) is 14.2. The Hall–Kier alpha value is -3.46. The molecule has 0 spiro atoms. The third kappa shape index (κ3) is 4.21. The van der Waals surface area contributed by atoms with Gasteiger partial charge in [0.2, 0.25) is 0 Å². The van der Waals surface area contributed by atoms with Gasteiger partial charge in [-0.3, -0.25) is 10.1 Å². The van der Waals surface area contributed by atoms with E-state index < -0.39 is 14.9 Å². The standard InChI is InChI=1S/C18H15N3O5S/c1-13-11-14(21(22)23)7-9-17(13)18-10-8-15(26-18)12-19-20-27(24,25)16-5-3-2-4-6-16/h2-12,20H,1H3/b19-12-. The molecular weight excluding hydrogens is 370 g/mol. The van der Waals surface area contributed by atoms with Crippen LogP contribution in [0, 0.1) is 17.0 Å². The smallest absolute Gasteiger partial charge is 0.276 e. The van der Waals surface area contributed by atoms with E-state index in [0.717, 1.165) is 0 Å². The summed E-state index contributed by atoms with van der Waals surface area (Å²) < 4.78 is 29.8. The summed E-state index contributed by atoms with van der Waals surface area (Å²) in [7, 11) is -3.75.